The molecule has 0 spiro atoms. The maximum Gasteiger partial charge on any atom is 0.324 e. The van der Waals surface area contributed by atoms with Crippen molar-refractivity contribution in [2.75, 3.05) is 0 Å². The fraction of sp³-hybridized carbons (Fsp3) is 0.571. The summed E-state index contributed by atoms with van der Waals surface area (Å²) in [7, 11) is -2.62. The number of aromatic hydroxyl groups is 2. The Bertz CT molecular complexity index is 406. The predicted molar refractivity (Wildman–Crippen MR) is 80.7 cm³/mol. The van der Waals surface area contributed by atoms with Crippen LogP contribution in [0.2, 0.25) is 0 Å². The van der Waals surface area contributed by atoms with Crippen molar-refractivity contribution in [3.8, 4) is 11.5 Å². The summed E-state index contributed by atoms with van der Waals surface area (Å²) in [4.78, 5) is 21.7. The highest BCUT2D eigenvalue weighted by molar-refractivity contribution is 7.38. The van der Waals surface area contributed by atoms with Crippen LogP contribution in [-0.4, -0.2) is 24.9 Å². The molecule has 0 aliphatic heterocycles. The summed E-state index contributed by atoms with van der Waals surface area (Å²) in [5.41, 5.74) is 1.49. The van der Waals surface area contributed by atoms with E-state index in [-0.39, 0.29) is 22.3 Å². The van der Waals surface area contributed by atoms with Crippen LogP contribution in [0.3, 0.4) is 0 Å². The molecule has 0 amide bonds. The fourth-order valence-electron chi connectivity index (χ4n) is 1.78. The van der Waals surface area contributed by atoms with Crippen molar-refractivity contribution in [1.82, 2.24) is 0 Å². The summed E-state index contributed by atoms with van der Waals surface area (Å²) in [5.74, 6) is 0.330. The summed E-state index contributed by atoms with van der Waals surface area (Å²) in [6.07, 6.45) is 0. The minimum absolute atomic E-state index is 0.127. The first kappa shape index (κ1) is 19.1. The number of phenolic OH excluding ortho intramolecular Hbond substituents is 2. The molecule has 116 valence electrons. The average Bonchev–Trinajstić information content (AvgIpc) is 2.11. The Morgan fingerprint density at radius 1 is 0.700 bits per heavy atom. The molecule has 0 unspecified atom stereocenters. The van der Waals surface area contributed by atoms with Gasteiger partial charge in [-0.25, -0.2) is 0 Å². The molecule has 0 saturated carbocycles. The number of hydrogen-bond donors (Lipinski definition) is 5. The average molecular weight is 304 g/mol. The van der Waals surface area contributed by atoms with Crippen molar-refractivity contribution in [2.45, 2.75) is 52.4 Å². The van der Waals surface area contributed by atoms with E-state index in [2.05, 4.69) is 0 Å². The van der Waals surface area contributed by atoms with Gasteiger partial charge in [-0.1, -0.05) is 41.5 Å². The molecule has 1 rings (SSSR count). The van der Waals surface area contributed by atoms with Crippen molar-refractivity contribution in [3.63, 3.8) is 0 Å². The number of phenols is 2. The van der Waals surface area contributed by atoms with E-state index in [1.54, 1.807) is 0 Å². The van der Waals surface area contributed by atoms with Gasteiger partial charge in [-0.3, -0.25) is 0 Å². The highest BCUT2D eigenvalue weighted by Gasteiger charge is 2.25. The lowest BCUT2D eigenvalue weighted by Gasteiger charge is -2.26. The zero-order chi connectivity index (χ0) is 16.3. The van der Waals surface area contributed by atoms with Gasteiger partial charge < -0.3 is 24.9 Å². The van der Waals surface area contributed by atoms with Crippen LogP contribution in [0.4, 0.5) is 0 Å². The molecule has 0 saturated heterocycles. The van der Waals surface area contributed by atoms with Crippen LogP contribution >= 0.6 is 8.60 Å². The Hall–Kier alpha value is -0.870. The maximum atomic E-state index is 9.86. The second-order valence-electron chi connectivity index (χ2n) is 6.65. The lowest BCUT2D eigenvalue weighted by molar-refractivity contribution is 0.368. The van der Waals surface area contributed by atoms with Gasteiger partial charge in [0.2, 0.25) is 0 Å². The van der Waals surface area contributed by atoms with Gasteiger partial charge in [0.1, 0.15) is 11.5 Å². The van der Waals surface area contributed by atoms with Crippen LogP contribution < -0.4 is 0 Å². The molecule has 5 N–H and O–H groups in total. The van der Waals surface area contributed by atoms with E-state index < -0.39 is 8.60 Å². The van der Waals surface area contributed by atoms with E-state index in [9.17, 15) is 10.2 Å². The molecule has 5 nitrogen and oxygen atoms in total. The molecular weight excluding hydrogens is 279 g/mol. The minimum atomic E-state index is -2.62. The van der Waals surface area contributed by atoms with Crippen molar-refractivity contribution < 1.29 is 24.9 Å². The summed E-state index contributed by atoms with van der Waals surface area (Å²) in [6.45, 7) is 12.3. The third-order valence-corrected chi connectivity index (χ3v) is 2.73. The largest absolute Gasteiger partial charge is 0.508 e. The summed E-state index contributed by atoms with van der Waals surface area (Å²) >= 11 is 0. The van der Waals surface area contributed by atoms with Crippen LogP contribution in [0.15, 0.2) is 12.1 Å². The van der Waals surface area contributed by atoms with E-state index in [0.717, 1.165) is 11.1 Å². The van der Waals surface area contributed by atoms with Gasteiger partial charge in [-0.05, 0) is 28.0 Å². The Morgan fingerprint density at radius 3 is 1.15 bits per heavy atom. The highest BCUT2D eigenvalue weighted by atomic mass is 31.2. The quantitative estimate of drug-likeness (QED) is 0.474. The molecule has 0 radical (unpaired) electrons. The lowest BCUT2D eigenvalue weighted by Crippen LogP contribution is -2.16. The Balaban J connectivity index is 0.000000796. The van der Waals surface area contributed by atoms with E-state index in [0.29, 0.717) is 0 Å². The van der Waals surface area contributed by atoms with Gasteiger partial charge in [0.15, 0.2) is 0 Å². The Morgan fingerprint density at radius 2 is 0.950 bits per heavy atom. The van der Waals surface area contributed by atoms with Gasteiger partial charge in [0, 0.05) is 6.07 Å². The van der Waals surface area contributed by atoms with Crippen molar-refractivity contribution in [2.24, 2.45) is 0 Å². The molecule has 1 aromatic carbocycles. The van der Waals surface area contributed by atoms with Crippen molar-refractivity contribution in [1.29, 1.82) is 0 Å². The van der Waals surface area contributed by atoms with Gasteiger partial charge in [0.05, 0.1) is 0 Å². The highest BCUT2D eigenvalue weighted by Crippen LogP contribution is 2.39. The van der Waals surface area contributed by atoms with Crippen LogP contribution in [0.5, 0.6) is 11.5 Å². The topological polar surface area (TPSA) is 101 Å². The van der Waals surface area contributed by atoms with Gasteiger partial charge in [-0.15, -0.1) is 0 Å². The molecule has 6 heteroatoms. The first-order chi connectivity index (χ1) is 8.76. The Kier molecular flexibility index (Phi) is 6.43. The van der Waals surface area contributed by atoms with Crippen LogP contribution in [-0.2, 0) is 10.8 Å². The standard InChI is InChI=1S/C14H22O2.H3O3P/c1-13(2,3)9-7-10(14(4,5)6)12(16)8-11(9)15;1-4(2)3/h7-8,15-16H,1-6H3;1-3H. The summed E-state index contributed by atoms with van der Waals surface area (Å²) < 4.78 is 0. The molecule has 0 aliphatic carbocycles. The first-order valence-electron chi connectivity index (χ1n) is 6.20. The molecular formula is C14H25O5P. The molecule has 0 fully saturated rings. The predicted octanol–water partition coefficient (Wildman–Crippen LogP) is 2.88. The zero-order valence-corrected chi connectivity index (χ0v) is 13.7. The van der Waals surface area contributed by atoms with Crippen LogP contribution in [0, 0.1) is 0 Å². The number of benzene rings is 1. The van der Waals surface area contributed by atoms with Gasteiger partial charge in [0.25, 0.3) is 0 Å². The summed E-state index contributed by atoms with van der Waals surface area (Å²) in [6, 6.07) is 3.35. The molecule has 0 heterocycles. The number of rotatable bonds is 0. The monoisotopic (exact) mass is 304 g/mol. The first-order valence-corrected chi connectivity index (χ1v) is 7.40. The van der Waals surface area contributed by atoms with E-state index in [1.165, 1.54) is 6.07 Å². The molecule has 0 aromatic heterocycles. The smallest absolute Gasteiger partial charge is 0.324 e. The number of hydrogen-bond acceptors (Lipinski definition) is 5. The SMILES string of the molecule is CC(C)(C)c1cc(C(C)(C)C)c(O)cc1O.OP(O)O. The normalized spacial score (nSPS) is 12.1. The van der Waals surface area contributed by atoms with E-state index in [1.807, 2.05) is 47.6 Å². The van der Waals surface area contributed by atoms with E-state index >= 15 is 0 Å². The van der Waals surface area contributed by atoms with Crippen LogP contribution in [0.25, 0.3) is 0 Å². The van der Waals surface area contributed by atoms with Gasteiger partial charge >= 0.3 is 8.60 Å². The molecule has 0 atom stereocenters. The Labute approximate surface area is 121 Å². The third-order valence-electron chi connectivity index (χ3n) is 2.73. The van der Waals surface area contributed by atoms with Crippen LogP contribution in [0.1, 0.15) is 52.7 Å². The zero-order valence-electron chi connectivity index (χ0n) is 12.8. The fourth-order valence-corrected chi connectivity index (χ4v) is 1.78. The van der Waals surface area contributed by atoms with Crippen molar-refractivity contribution >= 4 is 8.60 Å². The van der Waals surface area contributed by atoms with Gasteiger partial charge in [-0.2, -0.15) is 0 Å². The lowest BCUT2D eigenvalue weighted by atomic mass is 9.80. The van der Waals surface area contributed by atoms with Crippen molar-refractivity contribution in [3.05, 3.63) is 23.3 Å². The second kappa shape index (κ2) is 6.72. The molecule has 0 aliphatic rings. The van der Waals surface area contributed by atoms with E-state index in [4.69, 9.17) is 14.7 Å². The molecule has 1 aromatic rings. The molecule has 20 heavy (non-hydrogen) atoms. The third kappa shape index (κ3) is 6.06. The maximum absolute atomic E-state index is 9.86. The second-order valence-corrected chi connectivity index (χ2v) is 7.19. The summed E-state index contributed by atoms with van der Waals surface area (Å²) in [5, 5.41) is 19.7. The molecule has 0 bridgehead atoms. The minimum Gasteiger partial charge on any atom is -0.508 e.